The topological polar surface area (TPSA) is 12.0 Å². The molecule has 0 saturated carbocycles. The summed E-state index contributed by atoms with van der Waals surface area (Å²) in [6.07, 6.45) is 0.401. The van der Waals surface area contributed by atoms with E-state index in [0.29, 0.717) is 0 Å². The molecule has 2 rings (SSSR count). The van der Waals surface area contributed by atoms with Crippen LogP contribution in [0.5, 0.6) is 0 Å². The minimum absolute atomic E-state index is 0.0335. The van der Waals surface area contributed by atoms with Gasteiger partial charge in [-0.05, 0) is 43.5 Å². The molecule has 1 fully saturated rings. The average Bonchev–Trinajstić information content (AvgIpc) is 2.36. The van der Waals surface area contributed by atoms with E-state index in [2.05, 4.69) is 5.32 Å². The van der Waals surface area contributed by atoms with Crippen LogP contribution in [0, 0.1) is 17.6 Å². The zero-order valence-corrected chi connectivity index (χ0v) is 9.56. The van der Waals surface area contributed by atoms with Crippen molar-refractivity contribution in [1.82, 2.24) is 5.32 Å². The molecule has 0 spiro atoms. The fourth-order valence-corrected chi connectivity index (χ4v) is 2.29. The largest absolute Gasteiger partial charge is 0.317 e. The summed E-state index contributed by atoms with van der Waals surface area (Å²) in [5, 5.41) is 3.15. The highest BCUT2D eigenvalue weighted by Crippen LogP contribution is 2.24. The molecule has 1 aromatic carbocycles. The Morgan fingerprint density at radius 3 is 2.65 bits per heavy atom. The van der Waals surface area contributed by atoms with Gasteiger partial charge in [0.05, 0.1) is 0 Å². The molecule has 0 bridgehead atoms. The molecule has 4 heteroatoms. The van der Waals surface area contributed by atoms with Crippen molar-refractivity contribution in [2.45, 2.75) is 25.4 Å². The second kappa shape index (κ2) is 5.54. The third-order valence-electron chi connectivity index (χ3n) is 3.34. The van der Waals surface area contributed by atoms with Crippen LogP contribution in [0.15, 0.2) is 18.2 Å². The van der Waals surface area contributed by atoms with Gasteiger partial charge in [-0.15, -0.1) is 0 Å². The zero-order chi connectivity index (χ0) is 12.3. The van der Waals surface area contributed by atoms with Crippen LogP contribution in [0.2, 0.25) is 0 Å². The lowest BCUT2D eigenvalue weighted by atomic mass is 9.89. The molecule has 0 aliphatic carbocycles. The summed E-state index contributed by atoms with van der Waals surface area (Å²) < 4.78 is 40.3. The number of nitrogens with one attached hydrogen (secondary N) is 1. The van der Waals surface area contributed by atoms with Crippen LogP contribution in [0.25, 0.3) is 0 Å². The van der Waals surface area contributed by atoms with Gasteiger partial charge in [0.25, 0.3) is 0 Å². The van der Waals surface area contributed by atoms with Crippen LogP contribution in [-0.4, -0.2) is 19.3 Å². The summed E-state index contributed by atoms with van der Waals surface area (Å²) in [6, 6.07) is 3.92. The van der Waals surface area contributed by atoms with Crippen LogP contribution in [0.1, 0.15) is 18.4 Å². The van der Waals surface area contributed by atoms with Crippen LogP contribution in [-0.2, 0) is 6.42 Å². The predicted molar refractivity (Wildman–Crippen MR) is 60.6 cm³/mol. The highest BCUT2D eigenvalue weighted by molar-refractivity contribution is 5.19. The van der Waals surface area contributed by atoms with Crippen LogP contribution in [0.3, 0.4) is 0 Å². The fourth-order valence-electron chi connectivity index (χ4n) is 2.29. The summed E-state index contributed by atoms with van der Waals surface area (Å²) in [5.41, 5.74) is 0.135. The van der Waals surface area contributed by atoms with E-state index in [0.717, 1.165) is 32.0 Å². The Balaban J connectivity index is 2.01. The molecule has 1 atom stereocenters. The lowest BCUT2D eigenvalue weighted by Gasteiger charge is -2.25. The molecule has 17 heavy (non-hydrogen) atoms. The maximum absolute atomic E-state index is 14.0. The van der Waals surface area contributed by atoms with Gasteiger partial charge in [-0.1, -0.05) is 12.1 Å². The van der Waals surface area contributed by atoms with Crippen molar-refractivity contribution in [2.75, 3.05) is 13.1 Å². The number of benzene rings is 1. The maximum Gasteiger partial charge on any atom is 0.162 e. The summed E-state index contributed by atoms with van der Waals surface area (Å²) in [6.45, 7) is 1.60. The van der Waals surface area contributed by atoms with Gasteiger partial charge >= 0.3 is 0 Å². The molecule has 1 heterocycles. The first-order valence-electron chi connectivity index (χ1n) is 5.96. The third-order valence-corrected chi connectivity index (χ3v) is 3.34. The van der Waals surface area contributed by atoms with Crippen molar-refractivity contribution >= 4 is 0 Å². The van der Waals surface area contributed by atoms with E-state index >= 15 is 0 Å². The second-order valence-electron chi connectivity index (χ2n) is 4.52. The average molecular weight is 243 g/mol. The molecule has 0 aromatic heterocycles. The Hall–Kier alpha value is -1.03. The zero-order valence-electron chi connectivity index (χ0n) is 9.56. The smallest absolute Gasteiger partial charge is 0.162 e. The number of hydrogen-bond acceptors (Lipinski definition) is 1. The Bertz CT molecular complexity index is 375. The van der Waals surface area contributed by atoms with Crippen molar-refractivity contribution in [1.29, 1.82) is 0 Å². The molecule has 1 N–H and O–H groups in total. The molecular weight excluding hydrogens is 227 g/mol. The van der Waals surface area contributed by atoms with Crippen molar-refractivity contribution < 1.29 is 13.2 Å². The van der Waals surface area contributed by atoms with E-state index in [1.165, 1.54) is 12.1 Å². The lowest BCUT2D eigenvalue weighted by molar-refractivity contribution is 0.185. The van der Waals surface area contributed by atoms with Gasteiger partial charge in [-0.25, -0.2) is 13.2 Å². The first kappa shape index (κ1) is 12.4. The van der Waals surface area contributed by atoms with Gasteiger partial charge in [0.15, 0.2) is 11.6 Å². The lowest BCUT2D eigenvalue weighted by Crippen LogP contribution is -2.33. The van der Waals surface area contributed by atoms with Crippen molar-refractivity contribution in [3.63, 3.8) is 0 Å². The van der Waals surface area contributed by atoms with E-state index in [1.54, 1.807) is 0 Å². The van der Waals surface area contributed by atoms with Crippen molar-refractivity contribution in [3.05, 3.63) is 35.4 Å². The maximum atomic E-state index is 14.0. The molecule has 1 saturated heterocycles. The first-order valence-corrected chi connectivity index (χ1v) is 5.96. The highest BCUT2D eigenvalue weighted by atomic mass is 19.2. The van der Waals surface area contributed by atoms with Gasteiger partial charge in [0.2, 0.25) is 0 Å². The molecule has 0 amide bonds. The molecule has 0 radical (unpaired) electrons. The Morgan fingerprint density at radius 1 is 1.24 bits per heavy atom. The molecular formula is C13H16F3N. The monoisotopic (exact) mass is 243 g/mol. The molecule has 1 aliphatic rings. The second-order valence-corrected chi connectivity index (χ2v) is 4.52. The van der Waals surface area contributed by atoms with E-state index in [9.17, 15) is 13.2 Å². The Labute approximate surface area is 99.0 Å². The normalized spacial score (nSPS) is 19.2. The van der Waals surface area contributed by atoms with Crippen molar-refractivity contribution in [3.8, 4) is 0 Å². The summed E-state index contributed by atoms with van der Waals surface area (Å²) in [5.74, 6) is -1.86. The Morgan fingerprint density at radius 2 is 1.94 bits per heavy atom. The predicted octanol–water partition coefficient (Wildman–Crippen LogP) is 2.85. The SMILES string of the molecule is Fc1cccc(CC(F)C2CCNCC2)c1F. The van der Waals surface area contributed by atoms with Crippen LogP contribution >= 0.6 is 0 Å². The van der Waals surface area contributed by atoms with Gasteiger partial charge in [0, 0.05) is 6.42 Å². The minimum atomic E-state index is -1.09. The van der Waals surface area contributed by atoms with Crippen LogP contribution < -0.4 is 5.32 Å². The van der Waals surface area contributed by atoms with Gasteiger partial charge in [0.1, 0.15) is 6.17 Å². The van der Waals surface area contributed by atoms with E-state index in [1.807, 2.05) is 0 Å². The molecule has 1 aromatic rings. The Kier molecular flexibility index (Phi) is 4.05. The summed E-state index contributed by atoms with van der Waals surface area (Å²) in [4.78, 5) is 0. The number of hydrogen-bond donors (Lipinski definition) is 1. The molecule has 1 aliphatic heterocycles. The quantitative estimate of drug-likeness (QED) is 0.860. The van der Waals surface area contributed by atoms with Gasteiger partial charge < -0.3 is 5.32 Å². The van der Waals surface area contributed by atoms with Gasteiger partial charge in [-0.2, -0.15) is 0 Å². The summed E-state index contributed by atoms with van der Waals surface area (Å²) in [7, 11) is 0. The number of alkyl halides is 1. The van der Waals surface area contributed by atoms with E-state index in [-0.39, 0.29) is 17.9 Å². The summed E-state index contributed by atoms with van der Waals surface area (Å²) >= 11 is 0. The first-order chi connectivity index (χ1) is 8.18. The van der Waals surface area contributed by atoms with Gasteiger partial charge in [-0.3, -0.25) is 0 Å². The fraction of sp³-hybridized carbons (Fsp3) is 0.538. The molecule has 94 valence electrons. The number of piperidine rings is 1. The third kappa shape index (κ3) is 3.00. The number of halogens is 3. The van der Waals surface area contributed by atoms with Crippen LogP contribution in [0.4, 0.5) is 13.2 Å². The van der Waals surface area contributed by atoms with Crippen molar-refractivity contribution in [2.24, 2.45) is 5.92 Å². The molecule has 1 nitrogen and oxygen atoms in total. The van der Waals surface area contributed by atoms with E-state index < -0.39 is 17.8 Å². The van der Waals surface area contributed by atoms with E-state index in [4.69, 9.17) is 0 Å². The molecule has 1 unspecified atom stereocenters. The minimum Gasteiger partial charge on any atom is -0.317 e. The standard InChI is InChI=1S/C13H16F3N/c14-11-3-1-2-10(13(11)16)8-12(15)9-4-6-17-7-5-9/h1-3,9,12,17H,4-8H2. The number of rotatable bonds is 3. The highest BCUT2D eigenvalue weighted by Gasteiger charge is 2.24.